The summed E-state index contributed by atoms with van der Waals surface area (Å²) < 4.78 is 5.95. The van der Waals surface area contributed by atoms with Gasteiger partial charge in [-0.25, -0.2) is 0 Å². The quantitative estimate of drug-likeness (QED) is 0.640. The number of rotatable bonds is 3. The fourth-order valence-electron chi connectivity index (χ4n) is 1.97. The fourth-order valence-corrected chi connectivity index (χ4v) is 2.43. The molecule has 0 saturated heterocycles. The Labute approximate surface area is 120 Å². The van der Waals surface area contributed by atoms with E-state index >= 15 is 0 Å². The largest absolute Gasteiger partial charge is 0.457 e. The Hall–Kier alpha value is -1.87. The number of nitrogens with zero attached hydrogens (tertiary/aromatic N) is 1. The molecule has 0 amide bonds. The van der Waals surface area contributed by atoms with Gasteiger partial charge in [0.05, 0.1) is 0 Å². The Morgan fingerprint density at radius 3 is 2.79 bits per heavy atom. The Kier molecular flexibility index (Phi) is 3.47. The molecule has 0 radical (unpaired) electrons. The van der Waals surface area contributed by atoms with Crippen molar-refractivity contribution in [2.24, 2.45) is 0 Å². The van der Waals surface area contributed by atoms with E-state index in [9.17, 15) is 0 Å². The Morgan fingerprint density at radius 1 is 1.00 bits per heavy atom. The molecule has 0 N–H and O–H groups in total. The monoisotopic (exact) mass is 313 g/mol. The molecule has 0 fully saturated rings. The Balaban J connectivity index is 1.96. The van der Waals surface area contributed by atoms with E-state index in [-0.39, 0.29) is 0 Å². The summed E-state index contributed by atoms with van der Waals surface area (Å²) >= 11 is 3.47. The first-order chi connectivity index (χ1) is 9.36. The van der Waals surface area contributed by atoms with Crippen molar-refractivity contribution in [2.45, 2.75) is 5.33 Å². The highest BCUT2D eigenvalue weighted by Gasteiger charge is 2.03. The van der Waals surface area contributed by atoms with Crippen molar-refractivity contribution in [3.8, 4) is 11.5 Å². The van der Waals surface area contributed by atoms with Crippen LogP contribution < -0.4 is 4.74 Å². The lowest BCUT2D eigenvalue weighted by Gasteiger charge is -2.10. The van der Waals surface area contributed by atoms with Gasteiger partial charge in [0, 0.05) is 28.7 Å². The maximum atomic E-state index is 5.95. The van der Waals surface area contributed by atoms with E-state index in [4.69, 9.17) is 4.74 Å². The van der Waals surface area contributed by atoms with Crippen LogP contribution in [0.4, 0.5) is 0 Å². The standard InChI is InChI=1S/C16H12BrNO/c17-10-13-3-1-2-4-16(13)19-15-6-5-12-7-8-18-11-14(12)9-15/h1-9,11H,10H2. The highest BCUT2D eigenvalue weighted by molar-refractivity contribution is 9.08. The molecule has 0 unspecified atom stereocenters. The van der Waals surface area contributed by atoms with Gasteiger partial charge >= 0.3 is 0 Å². The molecule has 2 nitrogen and oxygen atoms in total. The molecule has 3 aromatic rings. The summed E-state index contributed by atoms with van der Waals surface area (Å²) in [5.41, 5.74) is 1.13. The minimum absolute atomic E-state index is 0.776. The molecule has 3 heteroatoms. The van der Waals surface area contributed by atoms with Gasteiger partial charge < -0.3 is 4.74 Å². The number of pyridine rings is 1. The molecule has 1 aromatic heterocycles. The highest BCUT2D eigenvalue weighted by atomic mass is 79.9. The normalized spacial score (nSPS) is 10.6. The number of alkyl halides is 1. The molecule has 19 heavy (non-hydrogen) atoms. The van der Waals surface area contributed by atoms with Gasteiger partial charge in [0.2, 0.25) is 0 Å². The minimum atomic E-state index is 0.776. The third kappa shape index (κ3) is 2.61. The summed E-state index contributed by atoms with van der Waals surface area (Å²) in [6.07, 6.45) is 3.64. The Morgan fingerprint density at radius 2 is 1.89 bits per heavy atom. The molecule has 0 aliphatic carbocycles. The summed E-state index contributed by atoms with van der Waals surface area (Å²) in [6.45, 7) is 0. The van der Waals surface area contributed by atoms with Gasteiger partial charge in [0.15, 0.2) is 0 Å². The molecule has 0 spiro atoms. The smallest absolute Gasteiger partial charge is 0.131 e. The minimum Gasteiger partial charge on any atom is -0.457 e. The van der Waals surface area contributed by atoms with Crippen LogP contribution in [0.15, 0.2) is 60.9 Å². The van der Waals surface area contributed by atoms with Gasteiger partial charge in [-0.2, -0.15) is 0 Å². The predicted octanol–water partition coefficient (Wildman–Crippen LogP) is 4.92. The number of halogens is 1. The van der Waals surface area contributed by atoms with Gasteiger partial charge in [-0.1, -0.05) is 40.2 Å². The van der Waals surface area contributed by atoms with Crippen LogP contribution in [0.25, 0.3) is 10.8 Å². The van der Waals surface area contributed by atoms with Gasteiger partial charge in [-0.3, -0.25) is 4.98 Å². The number of ether oxygens (including phenoxy) is 1. The van der Waals surface area contributed by atoms with Gasteiger partial charge in [0.25, 0.3) is 0 Å². The van der Waals surface area contributed by atoms with E-state index in [1.165, 1.54) is 0 Å². The van der Waals surface area contributed by atoms with Crippen molar-refractivity contribution >= 4 is 26.7 Å². The zero-order valence-corrected chi connectivity index (χ0v) is 11.8. The number of hydrogen-bond donors (Lipinski definition) is 0. The number of aromatic nitrogens is 1. The molecule has 0 atom stereocenters. The van der Waals surface area contributed by atoms with Crippen LogP contribution in [0.2, 0.25) is 0 Å². The lowest BCUT2D eigenvalue weighted by Crippen LogP contribution is -1.89. The van der Waals surface area contributed by atoms with Crippen molar-refractivity contribution in [3.63, 3.8) is 0 Å². The summed E-state index contributed by atoms with van der Waals surface area (Å²) in [6, 6.07) is 16.0. The van der Waals surface area contributed by atoms with Crippen LogP contribution in [0.3, 0.4) is 0 Å². The van der Waals surface area contributed by atoms with Crippen molar-refractivity contribution in [1.82, 2.24) is 4.98 Å². The van der Waals surface area contributed by atoms with Gasteiger partial charge in [-0.15, -0.1) is 0 Å². The zero-order chi connectivity index (χ0) is 13.1. The zero-order valence-electron chi connectivity index (χ0n) is 10.2. The van der Waals surface area contributed by atoms with Crippen LogP contribution in [0.5, 0.6) is 11.5 Å². The maximum absolute atomic E-state index is 5.95. The topological polar surface area (TPSA) is 22.1 Å². The van der Waals surface area contributed by atoms with Crippen LogP contribution in [-0.2, 0) is 5.33 Å². The first kappa shape index (κ1) is 12.2. The predicted molar refractivity (Wildman–Crippen MR) is 80.9 cm³/mol. The van der Waals surface area contributed by atoms with Crippen molar-refractivity contribution in [2.75, 3.05) is 0 Å². The number of para-hydroxylation sites is 1. The second kappa shape index (κ2) is 5.41. The van der Waals surface area contributed by atoms with Crippen LogP contribution >= 0.6 is 15.9 Å². The molecule has 2 aromatic carbocycles. The molecule has 0 saturated carbocycles. The second-order valence-corrected chi connectivity index (χ2v) is 4.79. The highest BCUT2D eigenvalue weighted by Crippen LogP contribution is 2.28. The fraction of sp³-hybridized carbons (Fsp3) is 0.0625. The second-order valence-electron chi connectivity index (χ2n) is 4.23. The van der Waals surface area contributed by atoms with E-state index < -0.39 is 0 Å². The van der Waals surface area contributed by atoms with Crippen molar-refractivity contribution in [3.05, 3.63) is 66.5 Å². The molecular weight excluding hydrogens is 302 g/mol. The molecule has 1 heterocycles. The van der Waals surface area contributed by atoms with Gasteiger partial charge in [0.1, 0.15) is 11.5 Å². The summed E-state index contributed by atoms with van der Waals surface area (Å²) in [4.78, 5) is 4.13. The van der Waals surface area contributed by atoms with Gasteiger partial charge in [-0.05, 0) is 29.7 Å². The van der Waals surface area contributed by atoms with Crippen LogP contribution in [-0.4, -0.2) is 4.98 Å². The molecule has 0 aliphatic rings. The van der Waals surface area contributed by atoms with Crippen molar-refractivity contribution < 1.29 is 4.74 Å². The SMILES string of the molecule is BrCc1ccccc1Oc1ccc2ccncc2c1. The summed E-state index contributed by atoms with van der Waals surface area (Å²) in [5.74, 6) is 1.71. The third-order valence-corrected chi connectivity index (χ3v) is 3.56. The van der Waals surface area contributed by atoms with Crippen molar-refractivity contribution in [1.29, 1.82) is 0 Å². The number of benzene rings is 2. The average Bonchev–Trinajstić information content (AvgIpc) is 2.48. The summed E-state index contributed by atoms with van der Waals surface area (Å²) in [5, 5.41) is 3.02. The van der Waals surface area contributed by atoms with E-state index in [2.05, 4.69) is 20.9 Å². The number of hydrogen-bond acceptors (Lipinski definition) is 2. The van der Waals surface area contributed by atoms with E-state index in [0.717, 1.165) is 33.2 Å². The molecule has 3 rings (SSSR count). The first-order valence-electron chi connectivity index (χ1n) is 6.02. The first-order valence-corrected chi connectivity index (χ1v) is 7.14. The van der Waals surface area contributed by atoms with E-state index in [0.29, 0.717) is 0 Å². The van der Waals surface area contributed by atoms with E-state index in [1.54, 1.807) is 6.20 Å². The van der Waals surface area contributed by atoms with Crippen LogP contribution in [0.1, 0.15) is 5.56 Å². The Bertz CT molecular complexity index is 712. The molecule has 0 bridgehead atoms. The third-order valence-electron chi connectivity index (χ3n) is 2.96. The average molecular weight is 314 g/mol. The maximum Gasteiger partial charge on any atom is 0.131 e. The number of fused-ring (bicyclic) bond motifs is 1. The molecule has 0 aliphatic heterocycles. The lowest BCUT2D eigenvalue weighted by atomic mass is 10.2. The summed E-state index contributed by atoms with van der Waals surface area (Å²) in [7, 11) is 0. The molecule has 94 valence electrons. The van der Waals surface area contributed by atoms with Crippen LogP contribution in [0, 0.1) is 0 Å². The van der Waals surface area contributed by atoms with E-state index in [1.807, 2.05) is 54.7 Å². The molecular formula is C16H12BrNO. The lowest BCUT2D eigenvalue weighted by molar-refractivity contribution is 0.479.